The summed E-state index contributed by atoms with van der Waals surface area (Å²) < 4.78 is 37.8. The predicted octanol–water partition coefficient (Wildman–Crippen LogP) is 7.13. The van der Waals surface area contributed by atoms with Crippen molar-refractivity contribution in [3.8, 4) is 11.5 Å². The number of methoxy groups -OCH3 is 1. The number of pyridine rings is 1. The fourth-order valence-corrected chi connectivity index (χ4v) is 4.77. The number of halogens is 5. The van der Waals surface area contributed by atoms with E-state index in [9.17, 15) is 8.78 Å². The Bertz CT molecular complexity index is 1100. The van der Waals surface area contributed by atoms with Gasteiger partial charge in [-0.2, -0.15) is 4.39 Å². The van der Waals surface area contributed by atoms with Gasteiger partial charge in [0, 0.05) is 18.1 Å². The molecule has 1 saturated heterocycles. The zero-order chi connectivity index (χ0) is 23.2. The molecule has 1 aliphatic heterocycles. The van der Waals surface area contributed by atoms with Gasteiger partial charge in [0.15, 0.2) is 11.6 Å². The van der Waals surface area contributed by atoms with Crippen molar-refractivity contribution >= 4 is 47.3 Å². The minimum absolute atomic E-state index is 0. The van der Waals surface area contributed by atoms with Gasteiger partial charge in [0.2, 0.25) is 5.82 Å². The maximum Gasteiger partial charge on any atom is 0.200 e. The summed E-state index contributed by atoms with van der Waals surface area (Å²) in [6.07, 6.45) is 7.14. The third-order valence-electron chi connectivity index (χ3n) is 6.46. The van der Waals surface area contributed by atoms with E-state index in [0.717, 1.165) is 73.5 Å². The van der Waals surface area contributed by atoms with Gasteiger partial charge in [-0.05, 0) is 80.6 Å². The SMILES string of the molecule is COc1ccc2ncc(Cl)c(CCCC3CCN(CCOc4cccc(F)c4F)CC3)c2c1.Cl.Cl. The predicted molar refractivity (Wildman–Crippen MR) is 142 cm³/mol. The van der Waals surface area contributed by atoms with Crippen molar-refractivity contribution in [1.82, 2.24) is 9.88 Å². The molecule has 0 bridgehead atoms. The molecule has 0 N–H and O–H groups in total. The molecule has 192 valence electrons. The fourth-order valence-electron chi connectivity index (χ4n) is 4.53. The molecule has 1 fully saturated rings. The zero-order valence-corrected chi connectivity index (χ0v) is 22.0. The lowest BCUT2D eigenvalue weighted by atomic mass is 9.90. The molecule has 0 atom stereocenters. The third-order valence-corrected chi connectivity index (χ3v) is 6.79. The molecule has 0 saturated carbocycles. The highest BCUT2D eigenvalue weighted by atomic mass is 35.5. The lowest BCUT2D eigenvalue weighted by Gasteiger charge is -2.31. The third kappa shape index (κ3) is 7.56. The van der Waals surface area contributed by atoms with Crippen LogP contribution < -0.4 is 9.47 Å². The Hall–Kier alpha value is -1.86. The quantitative estimate of drug-likeness (QED) is 0.285. The normalized spacial score (nSPS) is 14.3. The number of piperidine rings is 1. The van der Waals surface area contributed by atoms with Crippen molar-refractivity contribution < 1.29 is 18.3 Å². The second-order valence-corrected chi connectivity index (χ2v) is 8.95. The van der Waals surface area contributed by atoms with Gasteiger partial charge < -0.3 is 9.47 Å². The number of rotatable bonds is 9. The van der Waals surface area contributed by atoms with Crippen LogP contribution in [0.5, 0.6) is 11.5 Å². The molecular weight excluding hydrogens is 517 g/mol. The molecule has 1 aliphatic rings. The first-order valence-electron chi connectivity index (χ1n) is 11.5. The van der Waals surface area contributed by atoms with Crippen LogP contribution in [0.3, 0.4) is 0 Å². The van der Waals surface area contributed by atoms with Crippen LogP contribution in [0.4, 0.5) is 8.78 Å². The van der Waals surface area contributed by atoms with Crippen molar-refractivity contribution in [2.24, 2.45) is 5.92 Å². The van der Waals surface area contributed by atoms with Crippen molar-refractivity contribution in [3.05, 3.63) is 64.8 Å². The van der Waals surface area contributed by atoms with Gasteiger partial charge in [-0.1, -0.05) is 24.1 Å². The molecule has 3 aromatic rings. The highest BCUT2D eigenvalue weighted by molar-refractivity contribution is 6.32. The van der Waals surface area contributed by atoms with E-state index in [1.807, 2.05) is 18.2 Å². The summed E-state index contributed by atoms with van der Waals surface area (Å²) in [5, 5.41) is 1.77. The highest BCUT2D eigenvalue weighted by Crippen LogP contribution is 2.30. The summed E-state index contributed by atoms with van der Waals surface area (Å²) in [4.78, 5) is 6.76. The van der Waals surface area contributed by atoms with E-state index in [-0.39, 0.29) is 30.6 Å². The Kier molecular flexibility index (Phi) is 11.8. The topological polar surface area (TPSA) is 34.6 Å². The first-order valence-corrected chi connectivity index (χ1v) is 11.8. The van der Waals surface area contributed by atoms with Gasteiger partial charge in [-0.15, -0.1) is 24.8 Å². The van der Waals surface area contributed by atoms with Gasteiger partial charge in [0.1, 0.15) is 12.4 Å². The van der Waals surface area contributed by atoms with Gasteiger partial charge in [-0.25, -0.2) is 4.39 Å². The van der Waals surface area contributed by atoms with E-state index in [1.165, 1.54) is 12.1 Å². The molecule has 1 aromatic heterocycles. The number of likely N-dealkylation sites (tertiary alicyclic amines) is 1. The van der Waals surface area contributed by atoms with Crippen LogP contribution in [0.25, 0.3) is 10.9 Å². The van der Waals surface area contributed by atoms with Crippen LogP contribution in [-0.4, -0.2) is 43.2 Å². The maximum absolute atomic E-state index is 13.7. The van der Waals surface area contributed by atoms with Gasteiger partial charge in [0.25, 0.3) is 0 Å². The van der Waals surface area contributed by atoms with Crippen LogP contribution in [-0.2, 0) is 6.42 Å². The average Bonchev–Trinajstić information content (AvgIpc) is 2.83. The summed E-state index contributed by atoms with van der Waals surface area (Å²) in [6.45, 7) is 3.05. The minimum atomic E-state index is -0.920. The van der Waals surface area contributed by atoms with Crippen LogP contribution in [0.1, 0.15) is 31.2 Å². The monoisotopic (exact) mass is 546 g/mol. The molecular formula is C26H31Cl3F2N2O2. The first-order chi connectivity index (χ1) is 16.0. The maximum atomic E-state index is 13.7. The van der Waals surface area contributed by atoms with Crippen molar-refractivity contribution in [3.63, 3.8) is 0 Å². The second kappa shape index (κ2) is 14.0. The molecule has 0 unspecified atom stereocenters. The average molecular weight is 548 g/mol. The van der Waals surface area contributed by atoms with E-state index >= 15 is 0 Å². The summed E-state index contributed by atoms with van der Waals surface area (Å²) >= 11 is 6.48. The lowest BCUT2D eigenvalue weighted by Crippen LogP contribution is -2.36. The highest BCUT2D eigenvalue weighted by Gasteiger charge is 2.19. The number of benzene rings is 2. The van der Waals surface area contributed by atoms with E-state index in [1.54, 1.807) is 13.3 Å². The number of aromatic nitrogens is 1. The van der Waals surface area contributed by atoms with Crippen LogP contribution in [0, 0.1) is 17.6 Å². The van der Waals surface area contributed by atoms with Crippen molar-refractivity contribution in [1.29, 1.82) is 0 Å². The largest absolute Gasteiger partial charge is 0.497 e. The van der Waals surface area contributed by atoms with Crippen LogP contribution in [0.2, 0.25) is 5.02 Å². The minimum Gasteiger partial charge on any atom is -0.497 e. The van der Waals surface area contributed by atoms with Gasteiger partial charge in [-0.3, -0.25) is 9.88 Å². The Morgan fingerprint density at radius 2 is 1.89 bits per heavy atom. The molecule has 0 spiro atoms. The zero-order valence-electron chi connectivity index (χ0n) is 19.6. The number of ether oxygens (including phenoxy) is 2. The molecule has 35 heavy (non-hydrogen) atoms. The van der Waals surface area contributed by atoms with Crippen molar-refractivity contribution in [2.75, 3.05) is 33.4 Å². The van der Waals surface area contributed by atoms with Gasteiger partial charge in [0.05, 0.1) is 17.6 Å². The number of aryl methyl sites for hydroxylation is 1. The van der Waals surface area contributed by atoms with E-state index in [0.29, 0.717) is 24.1 Å². The summed E-state index contributed by atoms with van der Waals surface area (Å²) in [6, 6.07) is 9.90. The van der Waals surface area contributed by atoms with Crippen LogP contribution in [0.15, 0.2) is 42.6 Å². The Morgan fingerprint density at radius 1 is 1.11 bits per heavy atom. The van der Waals surface area contributed by atoms with E-state index in [4.69, 9.17) is 21.1 Å². The summed E-state index contributed by atoms with van der Waals surface area (Å²) in [5.74, 6) is -0.330. The van der Waals surface area contributed by atoms with Gasteiger partial charge >= 0.3 is 0 Å². The van der Waals surface area contributed by atoms with Crippen LogP contribution >= 0.6 is 36.4 Å². The molecule has 0 aliphatic carbocycles. The van der Waals surface area contributed by atoms with Crippen molar-refractivity contribution in [2.45, 2.75) is 32.1 Å². The molecule has 0 amide bonds. The molecule has 0 radical (unpaired) electrons. The number of hydrogen-bond acceptors (Lipinski definition) is 4. The Balaban J connectivity index is 0.00000216. The molecule has 9 heteroatoms. The Morgan fingerprint density at radius 3 is 2.63 bits per heavy atom. The van der Waals surface area contributed by atoms with E-state index < -0.39 is 11.6 Å². The summed E-state index contributed by atoms with van der Waals surface area (Å²) in [7, 11) is 1.66. The first kappa shape index (κ1) is 29.4. The number of hydrogen-bond donors (Lipinski definition) is 0. The lowest BCUT2D eigenvalue weighted by molar-refractivity contribution is 0.148. The standard InChI is InChI=1S/C26H29ClF2N2O2.2ClH/c1-32-19-8-9-24-21(16-19)20(22(27)17-30-24)5-2-4-18-10-12-31(13-11-18)14-15-33-25-7-3-6-23(28)26(25)29;;/h3,6-9,16-18H,2,4-5,10-15H2,1H3;2*1H. The number of nitrogens with zero attached hydrogens (tertiary/aromatic N) is 2. The Labute approximate surface area is 222 Å². The summed E-state index contributed by atoms with van der Waals surface area (Å²) in [5.41, 5.74) is 2.07. The molecule has 4 nitrogen and oxygen atoms in total. The molecule has 2 heterocycles. The fraction of sp³-hybridized carbons (Fsp3) is 0.423. The smallest absolute Gasteiger partial charge is 0.200 e. The molecule has 4 rings (SSSR count). The number of fused-ring (bicyclic) bond motifs is 1. The second-order valence-electron chi connectivity index (χ2n) is 8.55. The van der Waals surface area contributed by atoms with E-state index in [2.05, 4.69) is 9.88 Å². The molecule has 2 aromatic carbocycles.